The average Bonchev–Trinajstić information content (AvgIpc) is 2.72. The van der Waals surface area contributed by atoms with Gasteiger partial charge in [0.2, 0.25) is 0 Å². The molecule has 0 saturated carbocycles. The third-order valence-corrected chi connectivity index (χ3v) is 3.76. The molecule has 0 amide bonds. The first-order valence-corrected chi connectivity index (χ1v) is 7.44. The Morgan fingerprint density at radius 2 is 2.00 bits per heavy atom. The summed E-state index contributed by atoms with van der Waals surface area (Å²) in [5.41, 5.74) is 5.29. The summed E-state index contributed by atoms with van der Waals surface area (Å²) in [4.78, 5) is 8.35. The number of rotatable bonds is 2. The predicted molar refractivity (Wildman–Crippen MR) is 82.6 cm³/mol. The zero-order valence-corrected chi connectivity index (χ0v) is 12.6. The number of imidazole rings is 1. The Bertz CT molecular complexity index is 605. The van der Waals surface area contributed by atoms with Crippen LogP contribution in [0.5, 0.6) is 0 Å². The minimum absolute atomic E-state index is 0.113. The number of benzene rings is 1. The zero-order valence-electron chi connectivity index (χ0n) is 12.6. The molecule has 1 aromatic carbocycles. The van der Waals surface area contributed by atoms with E-state index >= 15 is 0 Å². The summed E-state index contributed by atoms with van der Waals surface area (Å²) in [5.74, 6) is 1.04. The van der Waals surface area contributed by atoms with Gasteiger partial charge < -0.3 is 10.3 Å². The highest BCUT2D eigenvalue weighted by atomic mass is 15.0. The first-order valence-electron chi connectivity index (χ1n) is 7.44. The smallest absolute Gasteiger partial charge is 0.121 e. The molecule has 0 spiro atoms. The van der Waals surface area contributed by atoms with Crippen molar-refractivity contribution in [1.29, 1.82) is 0 Å². The van der Waals surface area contributed by atoms with Crippen LogP contribution in [-0.4, -0.2) is 15.5 Å². The molecule has 1 aliphatic rings. The average molecular weight is 269 g/mol. The van der Waals surface area contributed by atoms with Gasteiger partial charge >= 0.3 is 0 Å². The maximum Gasteiger partial charge on any atom is 0.121 e. The van der Waals surface area contributed by atoms with Gasteiger partial charge in [0.05, 0.1) is 12.2 Å². The van der Waals surface area contributed by atoms with Crippen LogP contribution in [0.25, 0.3) is 11.3 Å². The van der Waals surface area contributed by atoms with Gasteiger partial charge in [-0.15, -0.1) is 0 Å². The highest BCUT2D eigenvalue weighted by Gasteiger charge is 2.19. The molecule has 0 aliphatic heterocycles. The molecule has 1 aliphatic carbocycles. The van der Waals surface area contributed by atoms with Gasteiger partial charge in [0.1, 0.15) is 5.82 Å². The van der Waals surface area contributed by atoms with Crippen LogP contribution in [0.2, 0.25) is 0 Å². The van der Waals surface area contributed by atoms with Crippen molar-refractivity contribution in [2.24, 2.45) is 0 Å². The van der Waals surface area contributed by atoms with Crippen LogP contribution in [0.4, 0.5) is 0 Å². The van der Waals surface area contributed by atoms with E-state index in [1.807, 2.05) is 0 Å². The molecule has 0 unspecified atom stereocenters. The fourth-order valence-corrected chi connectivity index (χ4v) is 2.73. The van der Waals surface area contributed by atoms with Gasteiger partial charge in [-0.25, -0.2) is 4.98 Å². The summed E-state index contributed by atoms with van der Waals surface area (Å²) in [7, 11) is 0. The van der Waals surface area contributed by atoms with Gasteiger partial charge in [-0.2, -0.15) is 0 Å². The largest absolute Gasteiger partial charge is 0.344 e. The van der Waals surface area contributed by atoms with E-state index in [4.69, 9.17) is 4.98 Å². The van der Waals surface area contributed by atoms with Crippen molar-refractivity contribution < 1.29 is 0 Å². The van der Waals surface area contributed by atoms with Crippen molar-refractivity contribution in [3.8, 4) is 11.3 Å². The molecule has 106 valence electrons. The third kappa shape index (κ3) is 2.78. The lowest BCUT2D eigenvalue weighted by atomic mass is 10.0. The molecule has 0 saturated heterocycles. The van der Waals surface area contributed by atoms with Gasteiger partial charge in [-0.3, -0.25) is 0 Å². The molecule has 3 rings (SSSR count). The number of nitrogens with zero attached hydrogens (tertiary/aromatic N) is 1. The Hall–Kier alpha value is -1.61. The number of hydrogen-bond donors (Lipinski definition) is 2. The molecule has 3 heteroatoms. The van der Waals surface area contributed by atoms with E-state index < -0.39 is 0 Å². The van der Waals surface area contributed by atoms with E-state index in [-0.39, 0.29) is 5.54 Å². The fourth-order valence-electron chi connectivity index (χ4n) is 2.73. The molecule has 2 N–H and O–H groups in total. The quantitative estimate of drug-likeness (QED) is 0.876. The maximum atomic E-state index is 4.84. The molecule has 20 heavy (non-hydrogen) atoms. The van der Waals surface area contributed by atoms with Crippen LogP contribution in [0.3, 0.4) is 0 Å². The lowest BCUT2D eigenvalue weighted by molar-refractivity contribution is 0.418. The van der Waals surface area contributed by atoms with Gasteiger partial charge in [-0.05, 0) is 45.6 Å². The highest BCUT2D eigenvalue weighted by Crippen LogP contribution is 2.30. The Balaban J connectivity index is 1.92. The van der Waals surface area contributed by atoms with Crippen molar-refractivity contribution in [2.75, 3.05) is 0 Å². The van der Waals surface area contributed by atoms with Crippen LogP contribution in [0.15, 0.2) is 24.3 Å². The molecule has 0 radical (unpaired) electrons. The van der Waals surface area contributed by atoms with Gasteiger partial charge in [0, 0.05) is 16.8 Å². The van der Waals surface area contributed by atoms with Gasteiger partial charge in [-0.1, -0.05) is 24.3 Å². The number of fused-ring (bicyclic) bond motifs is 3. The second-order valence-corrected chi connectivity index (χ2v) is 6.62. The van der Waals surface area contributed by atoms with Crippen LogP contribution in [0.1, 0.15) is 44.3 Å². The number of nitrogens with one attached hydrogen (secondary N) is 2. The van der Waals surface area contributed by atoms with E-state index in [2.05, 4.69) is 55.3 Å². The van der Waals surface area contributed by atoms with Crippen molar-refractivity contribution >= 4 is 0 Å². The number of aryl methyl sites for hydroxylation is 2. The van der Waals surface area contributed by atoms with Crippen LogP contribution < -0.4 is 5.32 Å². The summed E-state index contributed by atoms with van der Waals surface area (Å²) < 4.78 is 0. The van der Waals surface area contributed by atoms with Crippen molar-refractivity contribution in [3.63, 3.8) is 0 Å². The first kappa shape index (κ1) is 13.4. The SMILES string of the molecule is CC(C)(C)NCc1nc2c([nH]1)CCCc1ccccc1-2. The molecular formula is C17H23N3. The van der Waals surface area contributed by atoms with Crippen molar-refractivity contribution in [1.82, 2.24) is 15.3 Å². The number of aromatic amines is 1. The molecular weight excluding hydrogens is 246 g/mol. The minimum Gasteiger partial charge on any atom is -0.344 e. The Kier molecular flexibility index (Phi) is 3.38. The molecule has 1 aromatic heterocycles. The second-order valence-electron chi connectivity index (χ2n) is 6.62. The molecule has 3 nitrogen and oxygen atoms in total. The number of aromatic nitrogens is 2. The lowest BCUT2D eigenvalue weighted by Gasteiger charge is -2.19. The van der Waals surface area contributed by atoms with E-state index in [1.54, 1.807) is 0 Å². The molecule has 1 heterocycles. The monoisotopic (exact) mass is 269 g/mol. The maximum absolute atomic E-state index is 4.84. The molecule has 0 bridgehead atoms. The molecule has 0 fully saturated rings. The number of H-pyrrole nitrogens is 1. The van der Waals surface area contributed by atoms with Gasteiger partial charge in [0.15, 0.2) is 0 Å². The molecule has 0 atom stereocenters. The van der Waals surface area contributed by atoms with Crippen LogP contribution in [-0.2, 0) is 19.4 Å². The fraction of sp³-hybridized carbons (Fsp3) is 0.471. The standard InChI is InChI=1S/C17H23N3/c1-17(2,3)18-11-15-19-14-10-6-8-12-7-4-5-9-13(12)16(14)20-15/h4-5,7,9,18H,6,8,10-11H2,1-3H3,(H,19,20). The van der Waals surface area contributed by atoms with E-state index in [1.165, 1.54) is 23.2 Å². The number of hydrogen-bond acceptors (Lipinski definition) is 2. The third-order valence-electron chi connectivity index (χ3n) is 3.76. The normalized spacial score (nSPS) is 14.6. The lowest BCUT2D eigenvalue weighted by Crippen LogP contribution is -2.35. The topological polar surface area (TPSA) is 40.7 Å². The zero-order chi connectivity index (χ0) is 14.2. The van der Waals surface area contributed by atoms with Crippen molar-refractivity contribution in [2.45, 2.75) is 52.1 Å². The summed E-state index contributed by atoms with van der Waals surface area (Å²) in [6, 6.07) is 8.65. The van der Waals surface area contributed by atoms with E-state index in [0.717, 1.165) is 30.9 Å². The van der Waals surface area contributed by atoms with Crippen LogP contribution in [0, 0.1) is 0 Å². The summed E-state index contributed by atoms with van der Waals surface area (Å²) in [6.45, 7) is 7.32. The Morgan fingerprint density at radius 1 is 1.20 bits per heavy atom. The van der Waals surface area contributed by atoms with Crippen molar-refractivity contribution in [3.05, 3.63) is 41.3 Å². The van der Waals surface area contributed by atoms with Gasteiger partial charge in [0.25, 0.3) is 0 Å². The Morgan fingerprint density at radius 3 is 2.80 bits per heavy atom. The predicted octanol–water partition coefficient (Wildman–Crippen LogP) is 3.45. The Labute approximate surface area is 120 Å². The van der Waals surface area contributed by atoms with E-state index in [9.17, 15) is 0 Å². The molecule has 2 aromatic rings. The summed E-state index contributed by atoms with van der Waals surface area (Å²) >= 11 is 0. The summed E-state index contributed by atoms with van der Waals surface area (Å²) in [5, 5.41) is 3.49. The first-order chi connectivity index (χ1) is 9.53. The van der Waals surface area contributed by atoms with Crippen LogP contribution >= 0.6 is 0 Å². The minimum atomic E-state index is 0.113. The van der Waals surface area contributed by atoms with E-state index in [0.29, 0.717) is 0 Å². The highest BCUT2D eigenvalue weighted by molar-refractivity contribution is 5.67. The summed E-state index contributed by atoms with van der Waals surface area (Å²) in [6.07, 6.45) is 3.43. The second kappa shape index (κ2) is 5.06.